The van der Waals surface area contributed by atoms with E-state index < -0.39 is 9.84 Å². The molecule has 1 spiro atoms. The molecule has 9 aromatic rings. The van der Waals surface area contributed by atoms with Crippen molar-refractivity contribution in [2.24, 2.45) is 23.7 Å². The fraction of sp³-hybridized carbons (Fsp3) is 0.172. The third-order valence-corrected chi connectivity index (χ3v) is 18.3. The van der Waals surface area contributed by atoms with E-state index in [2.05, 4.69) is 169 Å². The molecule has 1 aliphatic heterocycles. The summed E-state index contributed by atoms with van der Waals surface area (Å²) in [7, 11) is -3.80. The third-order valence-electron chi connectivity index (χ3n) is 15.3. The molecule has 63 heavy (non-hydrogen) atoms. The molecule has 3 nitrogen and oxygen atoms in total. The van der Waals surface area contributed by atoms with E-state index in [0.29, 0.717) is 21.6 Å². The summed E-state index contributed by atoms with van der Waals surface area (Å²) in [6.45, 7) is 0. The Morgan fingerprint density at radius 1 is 0.444 bits per heavy atom. The van der Waals surface area contributed by atoms with Crippen LogP contribution in [0.2, 0.25) is 0 Å². The van der Waals surface area contributed by atoms with E-state index in [-0.39, 0.29) is 5.41 Å². The van der Waals surface area contributed by atoms with Crippen molar-refractivity contribution in [3.05, 3.63) is 199 Å². The van der Waals surface area contributed by atoms with Gasteiger partial charge in [-0.15, -0.1) is 11.3 Å². The smallest absolute Gasteiger partial charge is 0.207 e. The summed E-state index contributed by atoms with van der Waals surface area (Å²) in [5.41, 5.74) is 11.6. The molecule has 1 aromatic heterocycles. The molecule has 4 fully saturated rings. The zero-order chi connectivity index (χ0) is 41.9. The van der Waals surface area contributed by atoms with Gasteiger partial charge in [-0.1, -0.05) is 133 Å². The molecule has 4 bridgehead atoms. The number of benzene rings is 8. The van der Waals surface area contributed by atoms with Crippen LogP contribution >= 0.6 is 11.3 Å². The van der Waals surface area contributed by atoms with Crippen molar-refractivity contribution in [3.63, 3.8) is 0 Å². The van der Waals surface area contributed by atoms with Crippen LogP contribution in [0.4, 0.5) is 17.1 Å². The number of nitrogens with zero attached hydrogens (tertiary/aromatic N) is 1. The minimum atomic E-state index is -3.80. The first kappa shape index (κ1) is 37.3. The first-order valence-corrected chi connectivity index (χ1v) is 24.8. The van der Waals surface area contributed by atoms with Crippen molar-refractivity contribution in [3.8, 4) is 33.4 Å². The van der Waals surface area contributed by atoms with Crippen molar-refractivity contribution in [2.45, 2.75) is 47.3 Å². The Hall–Kier alpha value is -6.27. The molecular formula is C58H45NO2S2. The van der Waals surface area contributed by atoms with Gasteiger partial charge in [0, 0.05) is 42.6 Å². The van der Waals surface area contributed by atoms with Gasteiger partial charge in [0.25, 0.3) is 0 Å². The highest BCUT2D eigenvalue weighted by Gasteiger charge is 2.62. The highest BCUT2D eigenvalue weighted by Crippen LogP contribution is 2.68. The quantitative estimate of drug-likeness (QED) is 0.167. The maximum atomic E-state index is 15.0. The number of rotatable bonds is 6. The highest BCUT2D eigenvalue weighted by molar-refractivity contribution is 7.91. The van der Waals surface area contributed by atoms with Gasteiger partial charge in [0.15, 0.2) is 0 Å². The van der Waals surface area contributed by atoms with Crippen molar-refractivity contribution >= 4 is 58.4 Å². The Morgan fingerprint density at radius 2 is 1.00 bits per heavy atom. The fourth-order valence-electron chi connectivity index (χ4n) is 13.0. The molecule has 5 heteroatoms. The average molecular weight is 852 g/mol. The summed E-state index contributed by atoms with van der Waals surface area (Å²) in [6.07, 6.45) is 6.11. The largest absolute Gasteiger partial charge is 0.310 e. The van der Waals surface area contributed by atoms with Crippen LogP contribution in [-0.2, 0) is 15.3 Å². The van der Waals surface area contributed by atoms with E-state index in [1.807, 2.05) is 35.6 Å². The second-order valence-electron chi connectivity index (χ2n) is 18.5. The Kier molecular flexibility index (Phi) is 8.36. The second-order valence-corrected chi connectivity index (χ2v) is 21.4. The zero-order valence-corrected chi connectivity index (χ0v) is 36.5. The summed E-state index contributed by atoms with van der Waals surface area (Å²) < 4.78 is 32.7. The van der Waals surface area contributed by atoms with E-state index in [1.165, 1.54) is 69.0 Å². The molecule has 5 aliphatic rings. The van der Waals surface area contributed by atoms with Crippen LogP contribution in [0.15, 0.2) is 198 Å². The van der Waals surface area contributed by atoms with E-state index in [1.54, 1.807) is 0 Å². The minimum Gasteiger partial charge on any atom is -0.310 e. The predicted molar refractivity (Wildman–Crippen MR) is 260 cm³/mol. The average Bonchev–Trinajstić information content (AvgIpc) is 3.72. The summed E-state index contributed by atoms with van der Waals surface area (Å²) in [5, 5.41) is 2.59. The van der Waals surface area contributed by atoms with Crippen LogP contribution in [0.3, 0.4) is 0 Å². The number of anilines is 3. The predicted octanol–water partition coefficient (Wildman–Crippen LogP) is 15.4. The zero-order valence-electron chi connectivity index (χ0n) is 34.8. The van der Waals surface area contributed by atoms with E-state index in [9.17, 15) is 0 Å². The van der Waals surface area contributed by atoms with Gasteiger partial charge < -0.3 is 4.90 Å². The minimum absolute atomic E-state index is 0.278. The van der Waals surface area contributed by atoms with Crippen LogP contribution in [0.1, 0.15) is 43.2 Å². The van der Waals surface area contributed by atoms with Crippen LogP contribution in [-0.4, -0.2) is 8.42 Å². The number of hydrogen-bond donors (Lipinski definition) is 0. The molecule has 0 saturated heterocycles. The fourth-order valence-corrected chi connectivity index (χ4v) is 15.9. The topological polar surface area (TPSA) is 37.4 Å². The summed E-state index contributed by atoms with van der Waals surface area (Å²) in [5.74, 6) is 2.44. The lowest BCUT2D eigenvalue weighted by Crippen LogP contribution is -2.57. The van der Waals surface area contributed by atoms with Crippen molar-refractivity contribution in [1.82, 2.24) is 0 Å². The summed E-state index contributed by atoms with van der Waals surface area (Å²) in [6, 6.07) is 66.5. The van der Waals surface area contributed by atoms with Gasteiger partial charge in [-0.05, 0) is 155 Å². The lowest BCUT2D eigenvalue weighted by molar-refractivity contribution is -0.0446. The monoisotopic (exact) mass is 851 g/mol. The van der Waals surface area contributed by atoms with Gasteiger partial charge >= 0.3 is 0 Å². The Morgan fingerprint density at radius 3 is 1.75 bits per heavy atom. The third kappa shape index (κ3) is 5.58. The lowest BCUT2D eigenvalue weighted by Gasteiger charge is -2.63. The first-order valence-electron chi connectivity index (χ1n) is 22.5. The second kappa shape index (κ2) is 14.1. The highest BCUT2D eigenvalue weighted by atomic mass is 32.2. The van der Waals surface area contributed by atoms with E-state index in [0.717, 1.165) is 56.7 Å². The molecule has 14 rings (SSSR count). The number of sulfone groups is 1. The summed E-state index contributed by atoms with van der Waals surface area (Å²) in [4.78, 5) is 3.23. The van der Waals surface area contributed by atoms with Gasteiger partial charge in [-0.2, -0.15) is 0 Å². The van der Waals surface area contributed by atoms with Crippen LogP contribution in [0, 0.1) is 23.7 Å². The molecule has 8 aromatic carbocycles. The maximum Gasteiger partial charge on any atom is 0.207 e. The van der Waals surface area contributed by atoms with Crippen molar-refractivity contribution in [1.29, 1.82) is 0 Å². The molecular weight excluding hydrogens is 807 g/mol. The lowest BCUT2D eigenvalue weighted by atomic mass is 9.42. The molecule has 0 unspecified atom stereocenters. The summed E-state index contributed by atoms with van der Waals surface area (Å²) >= 11 is 1.85. The van der Waals surface area contributed by atoms with E-state index in [4.69, 9.17) is 0 Å². The Bertz CT molecular complexity index is 3340. The molecule has 306 valence electrons. The maximum absolute atomic E-state index is 15.0. The Balaban J connectivity index is 0.957. The molecule has 0 N–H and O–H groups in total. The van der Waals surface area contributed by atoms with Crippen molar-refractivity contribution in [2.75, 3.05) is 4.90 Å². The van der Waals surface area contributed by atoms with E-state index >= 15 is 8.42 Å². The van der Waals surface area contributed by atoms with Gasteiger partial charge in [-0.3, -0.25) is 0 Å². The Labute approximate surface area is 373 Å². The normalized spacial score (nSPS) is 22.6. The number of thiophene rings is 1. The van der Waals surface area contributed by atoms with Gasteiger partial charge in [0.2, 0.25) is 9.84 Å². The van der Waals surface area contributed by atoms with Gasteiger partial charge in [0.1, 0.15) is 0 Å². The van der Waals surface area contributed by atoms with Crippen molar-refractivity contribution < 1.29 is 8.42 Å². The standard InChI is InChI=1S/C58H45NO2S2/c60-63(61)55-20-9-7-17-51(55)58(42-32-37-31-38(34-42)35-43(58)33-37)52-30-29-46(36-56(52)63)59(44-25-21-40(22-26-44)39-11-2-1-3-12-39)45-27-23-41(24-28-45)47-13-4-5-14-48(47)49-16-10-19-54-57(49)50-15-6-8-18-53(50)62-54/h1-30,36-38,42-43H,31-35H2. The molecule has 2 heterocycles. The molecule has 4 aliphatic carbocycles. The number of fused-ring (bicyclic) bond motifs is 5. The van der Waals surface area contributed by atoms with Crippen LogP contribution in [0.25, 0.3) is 53.6 Å². The van der Waals surface area contributed by atoms with Crippen LogP contribution in [0.5, 0.6) is 0 Å². The molecule has 4 saturated carbocycles. The molecule has 0 amide bonds. The van der Waals surface area contributed by atoms with Gasteiger partial charge in [-0.25, -0.2) is 8.42 Å². The SMILES string of the molecule is O=S1(=O)c2ccccc2C2(c3ccc(N(c4ccc(-c5ccccc5)cc4)c4ccc(-c5ccccc5-c5cccc6sc7ccccc7c56)cc4)cc31)C1CC3CC(C1)CC2C3. The number of hydrogen-bond acceptors (Lipinski definition) is 4. The van der Waals surface area contributed by atoms with Crippen LogP contribution < -0.4 is 4.90 Å². The molecule has 0 atom stereocenters. The molecule has 0 radical (unpaired) electrons. The van der Waals surface area contributed by atoms with Gasteiger partial charge in [0.05, 0.1) is 9.79 Å². The first-order chi connectivity index (χ1) is 30.9.